The number of rotatable bonds is 3. The summed E-state index contributed by atoms with van der Waals surface area (Å²) in [6.45, 7) is 0.805. The molecule has 0 spiro atoms. The van der Waals surface area contributed by atoms with E-state index in [1.54, 1.807) is 12.1 Å². The Morgan fingerprint density at radius 2 is 2.00 bits per heavy atom. The molecule has 0 heterocycles. The zero-order valence-electron chi connectivity index (χ0n) is 10.7. The molecule has 2 nitrogen and oxygen atoms in total. The van der Waals surface area contributed by atoms with Gasteiger partial charge in [-0.2, -0.15) is 0 Å². The average molecular weight is 271 g/mol. The quantitative estimate of drug-likeness (QED) is 0.914. The van der Waals surface area contributed by atoms with Gasteiger partial charge in [0.15, 0.2) is 0 Å². The standard InChI is InChI=1S/C14H20ClFN2/c1-18(12-5-3-11(17)4-6-12)9-10-2-7-14(16)13(15)8-10/h2,7-8,11-12H,3-6,9,17H2,1H3. The van der Waals surface area contributed by atoms with Gasteiger partial charge in [-0.15, -0.1) is 0 Å². The first-order chi connectivity index (χ1) is 8.56. The molecule has 100 valence electrons. The minimum absolute atomic E-state index is 0.201. The van der Waals surface area contributed by atoms with Crippen LogP contribution >= 0.6 is 11.6 Å². The van der Waals surface area contributed by atoms with Gasteiger partial charge in [0.05, 0.1) is 5.02 Å². The van der Waals surface area contributed by atoms with Gasteiger partial charge >= 0.3 is 0 Å². The van der Waals surface area contributed by atoms with Crippen LogP contribution in [0.2, 0.25) is 5.02 Å². The maximum absolute atomic E-state index is 13.1. The van der Waals surface area contributed by atoms with Crippen LogP contribution in [-0.4, -0.2) is 24.0 Å². The van der Waals surface area contributed by atoms with Crippen LogP contribution in [0.15, 0.2) is 18.2 Å². The number of hydrogen-bond donors (Lipinski definition) is 1. The normalized spacial score (nSPS) is 24.5. The van der Waals surface area contributed by atoms with Crippen molar-refractivity contribution >= 4 is 11.6 Å². The largest absolute Gasteiger partial charge is 0.328 e. The summed E-state index contributed by atoms with van der Waals surface area (Å²) in [4.78, 5) is 2.31. The molecule has 1 saturated carbocycles. The minimum Gasteiger partial charge on any atom is -0.328 e. The molecule has 4 heteroatoms. The van der Waals surface area contributed by atoms with Gasteiger partial charge in [0.1, 0.15) is 5.82 Å². The molecule has 0 radical (unpaired) electrons. The van der Waals surface area contributed by atoms with Gasteiger partial charge in [0.2, 0.25) is 0 Å². The van der Waals surface area contributed by atoms with Crippen molar-refractivity contribution in [2.24, 2.45) is 5.73 Å². The molecule has 2 rings (SSSR count). The Balaban J connectivity index is 1.94. The topological polar surface area (TPSA) is 29.3 Å². The van der Waals surface area contributed by atoms with E-state index >= 15 is 0 Å². The van der Waals surface area contributed by atoms with Crippen LogP contribution in [0, 0.1) is 5.82 Å². The first kappa shape index (κ1) is 13.8. The summed E-state index contributed by atoms with van der Waals surface area (Å²) in [7, 11) is 2.11. The van der Waals surface area contributed by atoms with E-state index in [4.69, 9.17) is 17.3 Å². The van der Waals surface area contributed by atoms with Crippen molar-refractivity contribution in [1.29, 1.82) is 0 Å². The summed E-state index contributed by atoms with van der Waals surface area (Å²) in [6.07, 6.45) is 4.48. The lowest BCUT2D eigenvalue weighted by atomic mass is 9.91. The van der Waals surface area contributed by atoms with E-state index in [0.717, 1.165) is 37.8 Å². The molecule has 1 fully saturated rings. The second-order valence-corrected chi connectivity index (χ2v) is 5.64. The van der Waals surface area contributed by atoms with Crippen LogP contribution in [0.1, 0.15) is 31.2 Å². The predicted molar refractivity (Wildman–Crippen MR) is 73.1 cm³/mol. The molecular formula is C14H20ClFN2. The molecule has 1 aliphatic carbocycles. The van der Waals surface area contributed by atoms with Crippen molar-refractivity contribution in [1.82, 2.24) is 4.90 Å². The Morgan fingerprint density at radius 1 is 1.33 bits per heavy atom. The summed E-state index contributed by atoms with van der Waals surface area (Å²) >= 11 is 5.79. The molecule has 1 aromatic rings. The van der Waals surface area contributed by atoms with Crippen LogP contribution in [0.25, 0.3) is 0 Å². The van der Waals surface area contributed by atoms with Gasteiger partial charge in [-0.25, -0.2) is 4.39 Å². The molecule has 0 amide bonds. The van der Waals surface area contributed by atoms with Crippen molar-refractivity contribution < 1.29 is 4.39 Å². The zero-order chi connectivity index (χ0) is 13.1. The first-order valence-electron chi connectivity index (χ1n) is 6.46. The first-order valence-corrected chi connectivity index (χ1v) is 6.84. The summed E-state index contributed by atoms with van der Waals surface area (Å²) in [5.41, 5.74) is 6.96. The number of nitrogens with two attached hydrogens (primary N) is 1. The highest BCUT2D eigenvalue weighted by Gasteiger charge is 2.21. The summed E-state index contributed by atoms with van der Waals surface area (Å²) in [6, 6.07) is 5.89. The molecule has 1 aliphatic rings. The van der Waals surface area contributed by atoms with Gasteiger partial charge in [0, 0.05) is 18.6 Å². The Morgan fingerprint density at radius 3 is 2.61 bits per heavy atom. The van der Waals surface area contributed by atoms with E-state index in [0.29, 0.717) is 12.1 Å². The Labute approximate surface area is 113 Å². The van der Waals surface area contributed by atoms with Gasteiger partial charge in [0.25, 0.3) is 0 Å². The smallest absolute Gasteiger partial charge is 0.141 e. The van der Waals surface area contributed by atoms with E-state index in [1.807, 2.05) is 0 Å². The maximum Gasteiger partial charge on any atom is 0.141 e. The average Bonchev–Trinajstić information content (AvgIpc) is 2.34. The summed E-state index contributed by atoms with van der Waals surface area (Å²) in [5.74, 6) is -0.355. The van der Waals surface area contributed by atoms with Gasteiger partial charge < -0.3 is 5.73 Å². The lowest BCUT2D eigenvalue weighted by Crippen LogP contribution is -2.38. The third-order valence-electron chi connectivity index (χ3n) is 3.78. The second-order valence-electron chi connectivity index (χ2n) is 5.23. The Kier molecular flexibility index (Phi) is 4.60. The fraction of sp³-hybridized carbons (Fsp3) is 0.571. The van der Waals surface area contributed by atoms with Gasteiger partial charge in [-0.05, 0) is 50.4 Å². The van der Waals surface area contributed by atoms with Crippen molar-refractivity contribution in [2.75, 3.05) is 7.05 Å². The third-order valence-corrected chi connectivity index (χ3v) is 4.07. The molecule has 0 aromatic heterocycles. The molecule has 0 bridgehead atoms. The van der Waals surface area contributed by atoms with Crippen LogP contribution in [0.5, 0.6) is 0 Å². The highest BCUT2D eigenvalue weighted by molar-refractivity contribution is 6.30. The molecule has 0 saturated heterocycles. The fourth-order valence-electron chi connectivity index (χ4n) is 2.60. The Hall–Kier alpha value is -0.640. The van der Waals surface area contributed by atoms with Crippen LogP contribution in [0.4, 0.5) is 4.39 Å². The molecule has 0 atom stereocenters. The van der Waals surface area contributed by atoms with Crippen molar-refractivity contribution in [3.05, 3.63) is 34.6 Å². The second kappa shape index (κ2) is 6.00. The van der Waals surface area contributed by atoms with Crippen molar-refractivity contribution in [3.63, 3.8) is 0 Å². The predicted octanol–water partition coefficient (Wildman–Crippen LogP) is 3.18. The minimum atomic E-state index is -0.355. The van der Waals surface area contributed by atoms with E-state index < -0.39 is 0 Å². The third kappa shape index (κ3) is 3.44. The summed E-state index contributed by atoms with van der Waals surface area (Å²) < 4.78 is 13.1. The monoisotopic (exact) mass is 270 g/mol. The van der Waals surface area contributed by atoms with Gasteiger partial charge in [-0.3, -0.25) is 4.90 Å². The van der Waals surface area contributed by atoms with E-state index in [-0.39, 0.29) is 10.8 Å². The lowest BCUT2D eigenvalue weighted by Gasteiger charge is -2.33. The lowest BCUT2D eigenvalue weighted by molar-refractivity contribution is 0.176. The molecule has 1 aromatic carbocycles. The molecule has 0 aliphatic heterocycles. The molecular weight excluding hydrogens is 251 g/mol. The maximum atomic E-state index is 13.1. The molecule has 18 heavy (non-hydrogen) atoms. The van der Waals surface area contributed by atoms with Crippen molar-refractivity contribution in [2.45, 2.75) is 44.3 Å². The molecule has 0 unspecified atom stereocenters. The van der Waals surface area contributed by atoms with Crippen LogP contribution < -0.4 is 5.73 Å². The number of halogens is 2. The SMILES string of the molecule is CN(Cc1ccc(F)c(Cl)c1)C1CCC(N)CC1. The summed E-state index contributed by atoms with van der Waals surface area (Å²) in [5, 5.41) is 0.201. The highest BCUT2D eigenvalue weighted by atomic mass is 35.5. The number of benzene rings is 1. The fourth-order valence-corrected chi connectivity index (χ4v) is 2.80. The van der Waals surface area contributed by atoms with Gasteiger partial charge in [-0.1, -0.05) is 17.7 Å². The van der Waals surface area contributed by atoms with Crippen LogP contribution in [-0.2, 0) is 6.54 Å². The van der Waals surface area contributed by atoms with E-state index in [1.165, 1.54) is 6.07 Å². The number of nitrogens with zero attached hydrogens (tertiary/aromatic N) is 1. The zero-order valence-corrected chi connectivity index (χ0v) is 11.5. The molecule has 2 N–H and O–H groups in total. The Bertz CT molecular complexity index is 403. The van der Waals surface area contributed by atoms with Crippen molar-refractivity contribution in [3.8, 4) is 0 Å². The van der Waals surface area contributed by atoms with E-state index in [2.05, 4.69) is 11.9 Å². The van der Waals surface area contributed by atoms with E-state index in [9.17, 15) is 4.39 Å². The number of hydrogen-bond acceptors (Lipinski definition) is 2. The highest BCUT2D eigenvalue weighted by Crippen LogP contribution is 2.23. The van der Waals surface area contributed by atoms with Crippen LogP contribution in [0.3, 0.4) is 0 Å².